The van der Waals surface area contributed by atoms with E-state index in [1.165, 1.54) is 6.42 Å². The summed E-state index contributed by atoms with van der Waals surface area (Å²) in [7, 11) is 1.92. The second kappa shape index (κ2) is 4.96. The average Bonchev–Trinajstić information content (AvgIpc) is 2.59. The van der Waals surface area contributed by atoms with Crippen LogP contribution in [0.4, 0.5) is 0 Å². The maximum atomic E-state index is 5.90. The highest BCUT2D eigenvalue weighted by Gasteiger charge is 2.14. The van der Waals surface area contributed by atoms with Crippen LogP contribution in [0.1, 0.15) is 18.7 Å². The minimum atomic E-state index is 0.453. The lowest BCUT2D eigenvalue weighted by molar-refractivity contribution is 0.0696. The van der Waals surface area contributed by atoms with Gasteiger partial charge in [0.05, 0.1) is 19.3 Å². The highest BCUT2D eigenvalue weighted by molar-refractivity contribution is 6.29. The van der Waals surface area contributed by atoms with Crippen LogP contribution in [0.2, 0.25) is 5.15 Å². The first-order valence-electron chi connectivity index (χ1n) is 5.24. The fourth-order valence-corrected chi connectivity index (χ4v) is 1.87. The van der Waals surface area contributed by atoms with Gasteiger partial charge >= 0.3 is 0 Å². The zero-order valence-electron chi connectivity index (χ0n) is 8.87. The van der Waals surface area contributed by atoms with Crippen molar-refractivity contribution in [1.82, 2.24) is 14.9 Å². The minimum Gasteiger partial charge on any atom is -0.380 e. The summed E-state index contributed by atoms with van der Waals surface area (Å²) in [6.45, 7) is 2.45. The van der Waals surface area contributed by atoms with Gasteiger partial charge in [0.2, 0.25) is 0 Å². The first kappa shape index (κ1) is 10.9. The quantitative estimate of drug-likeness (QED) is 0.851. The molecule has 0 aliphatic carbocycles. The molecule has 84 valence electrons. The molecule has 1 aliphatic rings. The summed E-state index contributed by atoms with van der Waals surface area (Å²) in [6.07, 6.45) is 3.99. The number of nitrogens with one attached hydrogen (secondary N) is 1. The normalized spacial score (nSPS) is 21.9. The van der Waals surface area contributed by atoms with Crippen LogP contribution < -0.4 is 5.32 Å². The van der Waals surface area contributed by atoms with E-state index in [9.17, 15) is 0 Å². The van der Waals surface area contributed by atoms with E-state index < -0.39 is 0 Å². The average molecular weight is 230 g/mol. The van der Waals surface area contributed by atoms with Gasteiger partial charge in [-0.2, -0.15) is 0 Å². The maximum absolute atomic E-state index is 5.90. The molecule has 1 atom stereocenters. The van der Waals surface area contributed by atoms with Gasteiger partial charge in [-0.1, -0.05) is 11.6 Å². The van der Waals surface area contributed by atoms with Crippen molar-refractivity contribution in [3.05, 3.63) is 17.2 Å². The van der Waals surface area contributed by atoms with Gasteiger partial charge in [0, 0.05) is 19.7 Å². The van der Waals surface area contributed by atoms with Crippen LogP contribution in [-0.2, 0) is 18.3 Å². The second-order valence-corrected chi connectivity index (χ2v) is 4.24. The molecule has 1 unspecified atom stereocenters. The van der Waals surface area contributed by atoms with Gasteiger partial charge < -0.3 is 14.6 Å². The molecule has 1 aromatic heterocycles. The van der Waals surface area contributed by atoms with Crippen molar-refractivity contribution in [2.45, 2.75) is 25.4 Å². The van der Waals surface area contributed by atoms with Crippen molar-refractivity contribution in [3.63, 3.8) is 0 Å². The molecule has 0 bridgehead atoms. The molecule has 2 heterocycles. The van der Waals surface area contributed by atoms with Crippen molar-refractivity contribution in [1.29, 1.82) is 0 Å². The van der Waals surface area contributed by atoms with E-state index in [0.717, 1.165) is 32.0 Å². The third-order valence-corrected chi connectivity index (χ3v) is 3.09. The number of nitrogens with zero attached hydrogens (tertiary/aromatic N) is 2. The molecule has 1 saturated heterocycles. The summed E-state index contributed by atoms with van der Waals surface area (Å²) < 4.78 is 7.28. The monoisotopic (exact) mass is 229 g/mol. The molecule has 1 fully saturated rings. The van der Waals surface area contributed by atoms with Gasteiger partial charge in [0.15, 0.2) is 0 Å². The molecule has 0 aromatic carbocycles. The lowest BCUT2D eigenvalue weighted by atomic mass is 10.1. The Morgan fingerprint density at radius 1 is 1.73 bits per heavy atom. The summed E-state index contributed by atoms with van der Waals surface area (Å²) in [6, 6.07) is 0.453. The van der Waals surface area contributed by atoms with E-state index in [0.29, 0.717) is 11.2 Å². The highest BCUT2D eigenvalue weighted by atomic mass is 35.5. The molecule has 0 spiro atoms. The number of rotatable bonds is 3. The maximum Gasteiger partial charge on any atom is 0.128 e. The van der Waals surface area contributed by atoms with Crippen molar-refractivity contribution < 1.29 is 4.74 Å². The number of imidazole rings is 1. The standard InChI is InChI=1S/C10H16ClN3O/c1-14-9(11)5-13-10(14)6-12-8-3-2-4-15-7-8/h5,8,12H,2-4,6-7H2,1H3. The topological polar surface area (TPSA) is 39.1 Å². The zero-order valence-corrected chi connectivity index (χ0v) is 9.63. The summed E-state index contributed by atoms with van der Waals surface area (Å²) in [5, 5.41) is 4.10. The molecule has 1 aliphatic heterocycles. The van der Waals surface area contributed by atoms with Crippen LogP contribution in [0, 0.1) is 0 Å². The van der Waals surface area contributed by atoms with Gasteiger partial charge in [-0.15, -0.1) is 0 Å². The molecule has 4 nitrogen and oxygen atoms in total. The Bertz CT molecular complexity index is 320. The largest absolute Gasteiger partial charge is 0.380 e. The smallest absolute Gasteiger partial charge is 0.128 e. The lowest BCUT2D eigenvalue weighted by Crippen LogP contribution is -2.36. The van der Waals surface area contributed by atoms with E-state index in [4.69, 9.17) is 16.3 Å². The first-order valence-corrected chi connectivity index (χ1v) is 5.62. The van der Waals surface area contributed by atoms with Crippen LogP contribution in [-0.4, -0.2) is 28.8 Å². The first-order chi connectivity index (χ1) is 7.27. The molecule has 1 aromatic rings. The summed E-state index contributed by atoms with van der Waals surface area (Å²) in [5.74, 6) is 0.963. The van der Waals surface area contributed by atoms with Crippen molar-refractivity contribution in [2.24, 2.45) is 7.05 Å². The number of hydrogen-bond acceptors (Lipinski definition) is 3. The van der Waals surface area contributed by atoms with E-state index in [-0.39, 0.29) is 0 Å². The Morgan fingerprint density at radius 2 is 2.60 bits per heavy atom. The second-order valence-electron chi connectivity index (χ2n) is 3.85. The van der Waals surface area contributed by atoms with E-state index in [1.54, 1.807) is 6.20 Å². The molecule has 1 N–H and O–H groups in total. The summed E-state index contributed by atoms with van der Waals surface area (Å²) in [5.41, 5.74) is 0. The molecule has 0 saturated carbocycles. The van der Waals surface area contributed by atoms with Gasteiger partial charge in [-0.3, -0.25) is 0 Å². The molecule has 0 radical (unpaired) electrons. The van der Waals surface area contributed by atoms with Crippen LogP contribution in [0.3, 0.4) is 0 Å². The Balaban J connectivity index is 1.84. The fourth-order valence-electron chi connectivity index (χ4n) is 1.73. The minimum absolute atomic E-state index is 0.453. The SMILES string of the molecule is Cn1c(Cl)cnc1CNC1CCCOC1. The third kappa shape index (κ3) is 2.71. The molecule has 15 heavy (non-hydrogen) atoms. The number of aromatic nitrogens is 2. The number of ether oxygens (including phenoxy) is 1. The molecule has 2 rings (SSSR count). The predicted molar refractivity (Wildman–Crippen MR) is 58.9 cm³/mol. The Kier molecular flexibility index (Phi) is 3.61. The molecule has 0 amide bonds. The van der Waals surface area contributed by atoms with Gasteiger partial charge in [0.25, 0.3) is 0 Å². The van der Waals surface area contributed by atoms with Gasteiger partial charge in [-0.25, -0.2) is 4.98 Å². The third-order valence-electron chi connectivity index (χ3n) is 2.74. The lowest BCUT2D eigenvalue weighted by Gasteiger charge is -2.23. The van der Waals surface area contributed by atoms with Crippen molar-refractivity contribution >= 4 is 11.6 Å². The van der Waals surface area contributed by atoms with Crippen LogP contribution in [0.5, 0.6) is 0 Å². The van der Waals surface area contributed by atoms with Gasteiger partial charge in [0.1, 0.15) is 11.0 Å². The molecule has 5 heteroatoms. The van der Waals surface area contributed by atoms with Crippen molar-refractivity contribution in [3.8, 4) is 0 Å². The van der Waals surface area contributed by atoms with E-state index in [2.05, 4.69) is 10.3 Å². The van der Waals surface area contributed by atoms with E-state index >= 15 is 0 Å². The number of hydrogen-bond donors (Lipinski definition) is 1. The Labute approximate surface area is 94.6 Å². The molecular weight excluding hydrogens is 214 g/mol. The van der Waals surface area contributed by atoms with Gasteiger partial charge in [-0.05, 0) is 12.8 Å². The van der Waals surface area contributed by atoms with Crippen LogP contribution in [0.25, 0.3) is 0 Å². The number of halogens is 1. The zero-order chi connectivity index (χ0) is 10.7. The summed E-state index contributed by atoms with van der Waals surface area (Å²) >= 11 is 5.90. The van der Waals surface area contributed by atoms with E-state index in [1.807, 2.05) is 11.6 Å². The predicted octanol–water partition coefficient (Wildman–Crippen LogP) is 1.34. The van der Waals surface area contributed by atoms with Crippen molar-refractivity contribution in [2.75, 3.05) is 13.2 Å². The Morgan fingerprint density at radius 3 is 3.20 bits per heavy atom. The van der Waals surface area contributed by atoms with Crippen LogP contribution >= 0.6 is 11.6 Å². The Hall–Kier alpha value is -0.580. The van der Waals surface area contributed by atoms with Crippen LogP contribution in [0.15, 0.2) is 6.20 Å². The molecular formula is C10H16ClN3O. The fraction of sp³-hybridized carbons (Fsp3) is 0.700. The summed E-state index contributed by atoms with van der Waals surface area (Å²) in [4.78, 5) is 4.23. The highest BCUT2D eigenvalue weighted by Crippen LogP contribution is 2.10.